The Kier molecular flexibility index (Phi) is 4.17. The van der Waals surface area contributed by atoms with Crippen molar-refractivity contribution >= 4 is 5.97 Å². The van der Waals surface area contributed by atoms with Gasteiger partial charge in [0.1, 0.15) is 0 Å². The number of benzene rings is 2. The van der Waals surface area contributed by atoms with Crippen LogP contribution in [0.5, 0.6) is 0 Å². The van der Waals surface area contributed by atoms with Crippen LogP contribution in [-0.2, 0) is 11.2 Å². The van der Waals surface area contributed by atoms with Crippen LogP contribution in [0.25, 0.3) is 0 Å². The molecule has 0 spiro atoms. The van der Waals surface area contributed by atoms with E-state index in [4.69, 9.17) is 5.26 Å². The van der Waals surface area contributed by atoms with E-state index in [1.54, 1.807) is 18.2 Å². The maximum absolute atomic E-state index is 11.5. The first-order valence-electron chi connectivity index (χ1n) is 6.38. The third kappa shape index (κ3) is 3.24. The smallest absolute Gasteiger partial charge is 0.311 e. The molecule has 0 aliphatic heterocycles. The summed E-state index contributed by atoms with van der Waals surface area (Å²) in [6.45, 7) is 1.97. The van der Waals surface area contributed by atoms with Crippen LogP contribution in [0.1, 0.15) is 28.2 Å². The van der Waals surface area contributed by atoms with Crippen LogP contribution >= 0.6 is 0 Å². The average Bonchev–Trinajstić information content (AvgIpc) is 2.46. The fourth-order valence-corrected chi connectivity index (χ4v) is 2.15. The van der Waals surface area contributed by atoms with Gasteiger partial charge in [-0.05, 0) is 36.6 Å². The zero-order chi connectivity index (χ0) is 14.5. The van der Waals surface area contributed by atoms with Crippen molar-refractivity contribution in [3.8, 4) is 6.07 Å². The van der Waals surface area contributed by atoms with E-state index in [1.807, 2.05) is 37.3 Å². The molecule has 0 amide bonds. The lowest BCUT2D eigenvalue weighted by Gasteiger charge is -2.13. The molecule has 0 aliphatic rings. The van der Waals surface area contributed by atoms with Crippen LogP contribution in [0.3, 0.4) is 0 Å². The lowest BCUT2D eigenvalue weighted by molar-refractivity contribution is -0.138. The number of nitrogens with zero attached hydrogens (tertiary/aromatic N) is 1. The molecule has 0 bridgehead atoms. The molecule has 0 fully saturated rings. The first-order valence-corrected chi connectivity index (χ1v) is 6.38. The number of nitriles is 1. The van der Waals surface area contributed by atoms with E-state index in [9.17, 15) is 9.90 Å². The van der Waals surface area contributed by atoms with Gasteiger partial charge in [0.05, 0.1) is 17.6 Å². The maximum Gasteiger partial charge on any atom is 0.311 e. The normalized spacial score (nSPS) is 11.6. The van der Waals surface area contributed by atoms with Gasteiger partial charge >= 0.3 is 5.97 Å². The van der Waals surface area contributed by atoms with Gasteiger partial charge in [-0.3, -0.25) is 4.79 Å². The average molecular weight is 265 g/mol. The molecule has 1 unspecified atom stereocenters. The summed E-state index contributed by atoms with van der Waals surface area (Å²) in [5.41, 5.74) is 3.29. The van der Waals surface area contributed by atoms with Gasteiger partial charge in [-0.1, -0.05) is 42.0 Å². The topological polar surface area (TPSA) is 61.1 Å². The van der Waals surface area contributed by atoms with Crippen molar-refractivity contribution in [1.29, 1.82) is 5.26 Å². The number of carboxylic acids is 1. The zero-order valence-corrected chi connectivity index (χ0v) is 11.2. The number of carboxylic acid groups (broad SMARTS) is 1. The van der Waals surface area contributed by atoms with Crippen LogP contribution in [0.4, 0.5) is 0 Å². The molecule has 1 N–H and O–H groups in total. The number of rotatable bonds is 4. The van der Waals surface area contributed by atoms with Gasteiger partial charge in [-0.15, -0.1) is 0 Å². The molecule has 20 heavy (non-hydrogen) atoms. The summed E-state index contributed by atoms with van der Waals surface area (Å²) in [6, 6.07) is 16.7. The molecule has 2 aromatic rings. The Labute approximate surface area is 118 Å². The minimum absolute atomic E-state index is 0.383. The Morgan fingerprint density at radius 2 is 1.95 bits per heavy atom. The molecule has 0 aliphatic carbocycles. The molecule has 100 valence electrons. The van der Waals surface area contributed by atoms with Gasteiger partial charge < -0.3 is 5.11 Å². The third-order valence-corrected chi connectivity index (χ3v) is 3.27. The number of carbonyl (C=O) groups is 1. The Balaban J connectivity index is 2.28. The minimum atomic E-state index is -0.851. The second-order valence-electron chi connectivity index (χ2n) is 4.82. The number of hydrogen-bond acceptors (Lipinski definition) is 2. The SMILES string of the molecule is Cc1ccc(C(Cc2cccc(C#N)c2)C(=O)O)cc1. The summed E-state index contributed by atoms with van der Waals surface area (Å²) in [7, 11) is 0. The highest BCUT2D eigenvalue weighted by molar-refractivity contribution is 5.76. The summed E-state index contributed by atoms with van der Waals surface area (Å²) in [5.74, 6) is -1.44. The van der Waals surface area contributed by atoms with Gasteiger partial charge in [-0.2, -0.15) is 5.26 Å². The molecule has 3 heteroatoms. The minimum Gasteiger partial charge on any atom is -0.481 e. The van der Waals surface area contributed by atoms with E-state index >= 15 is 0 Å². The van der Waals surface area contributed by atoms with E-state index in [2.05, 4.69) is 6.07 Å². The zero-order valence-electron chi connectivity index (χ0n) is 11.2. The van der Waals surface area contributed by atoms with Gasteiger partial charge in [-0.25, -0.2) is 0 Å². The summed E-state index contributed by atoms with van der Waals surface area (Å²) < 4.78 is 0. The van der Waals surface area contributed by atoms with Gasteiger partial charge in [0, 0.05) is 0 Å². The second-order valence-corrected chi connectivity index (χ2v) is 4.82. The molecule has 2 rings (SSSR count). The standard InChI is InChI=1S/C17H15NO2/c1-12-5-7-15(8-6-12)16(17(19)20)10-13-3-2-4-14(9-13)11-18/h2-9,16H,10H2,1H3,(H,19,20). The number of hydrogen-bond donors (Lipinski definition) is 1. The van der Waals surface area contributed by atoms with E-state index in [0.29, 0.717) is 12.0 Å². The molecule has 0 saturated carbocycles. The van der Waals surface area contributed by atoms with Crippen molar-refractivity contribution in [2.45, 2.75) is 19.3 Å². The van der Waals surface area contributed by atoms with E-state index in [1.165, 1.54) is 0 Å². The van der Waals surface area contributed by atoms with Crippen LogP contribution in [0, 0.1) is 18.3 Å². The fraction of sp³-hybridized carbons (Fsp3) is 0.176. The van der Waals surface area contributed by atoms with Crippen molar-refractivity contribution in [3.63, 3.8) is 0 Å². The van der Waals surface area contributed by atoms with Crippen molar-refractivity contribution in [1.82, 2.24) is 0 Å². The molecule has 0 radical (unpaired) electrons. The molecule has 0 heterocycles. The highest BCUT2D eigenvalue weighted by atomic mass is 16.4. The Hall–Kier alpha value is -2.60. The van der Waals surface area contributed by atoms with Crippen molar-refractivity contribution in [2.75, 3.05) is 0 Å². The van der Waals surface area contributed by atoms with E-state index in [0.717, 1.165) is 16.7 Å². The van der Waals surface area contributed by atoms with Gasteiger partial charge in [0.2, 0.25) is 0 Å². The third-order valence-electron chi connectivity index (χ3n) is 3.27. The molecule has 3 nitrogen and oxygen atoms in total. The molecule has 0 saturated heterocycles. The van der Waals surface area contributed by atoms with Crippen LogP contribution in [0.2, 0.25) is 0 Å². The van der Waals surface area contributed by atoms with Crippen molar-refractivity contribution in [3.05, 3.63) is 70.8 Å². The van der Waals surface area contributed by atoms with E-state index < -0.39 is 11.9 Å². The number of aliphatic carboxylic acids is 1. The van der Waals surface area contributed by atoms with Gasteiger partial charge in [0.15, 0.2) is 0 Å². The second kappa shape index (κ2) is 6.03. The summed E-state index contributed by atoms with van der Waals surface area (Å²) in [6.07, 6.45) is 0.383. The fourth-order valence-electron chi connectivity index (χ4n) is 2.15. The highest BCUT2D eigenvalue weighted by Gasteiger charge is 2.20. The first kappa shape index (κ1) is 13.8. The summed E-state index contributed by atoms with van der Waals surface area (Å²) >= 11 is 0. The monoisotopic (exact) mass is 265 g/mol. The molecular weight excluding hydrogens is 250 g/mol. The maximum atomic E-state index is 11.5. The molecular formula is C17H15NO2. The van der Waals surface area contributed by atoms with Crippen LogP contribution < -0.4 is 0 Å². The lowest BCUT2D eigenvalue weighted by Crippen LogP contribution is -2.14. The van der Waals surface area contributed by atoms with Crippen LogP contribution in [0.15, 0.2) is 48.5 Å². The molecule has 1 atom stereocenters. The van der Waals surface area contributed by atoms with Crippen molar-refractivity contribution in [2.24, 2.45) is 0 Å². The molecule has 0 aromatic heterocycles. The Bertz CT molecular complexity index is 653. The highest BCUT2D eigenvalue weighted by Crippen LogP contribution is 2.22. The predicted molar refractivity (Wildman–Crippen MR) is 76.4 cm³/mol. The summed E-state index contributed by atoms with van der Waals surface area (Å²) in [4.78, 5) is 11.5. The van der Waals surface area contributed by atoms with Crippen LogP contribution in [-0.4, -0.2) is 11.1 Å². The molecule has 2 aromatic carbocycles. The number of aryl methyl sites for hydroxylation is 1. The quantitative estimate of drug-likeness (QED) is 0.922. The van der Waals surface area contributed by atoms with Crippen molar-refractivity contribution < 1.29 is 9.90 Å². The largest absolute Gasteiger partial charge is 0.481 e. The first-order chi connectivity index (χ1) is 9.60. The Morgan fingerprint density at radius 1 is 1.25 bits per heavy atom. The van der Waals surface area contributed by atoms with E-state index in [-0.39, 0.29) is 0 Å². The van der Waals surface area contributed by atoms with Gasteiger partial charge in [0.25, 0.3) is 0 Å². The lowest BCUT2D eigenvalue weighted by atomic mass is 9.91. The summed E-state index contributed by atoms with van der Waals surface area (Å²) in [5, 5.41) is 18.3. The Morgan fingerprint density at radius 3 is 2.55 bits per heavy atom. The predicted octanol–water partition coefficient (Wildman–Crippen LogP) is 3.28.